The number of aliphatic hydroxyl groups excluding tert-OH is 1. The number of hydrogen-bond donors (Lipinski definition) is 1. The maximum atomic E-state index is 10.4. The van der Waals surface area contributed by atoms with Crippen molar-refractivity contribution >= 4 is 0 Å². The van der Waals surface area contributed by atoms with E-state index in [9.17, 15) is 5.11 Å². The molecule has 0 saturated carbocycles. The van der Waals surface area contributed by atoms with Crippen LogP contribution in [0, 0.1) is 0 Å². The van der Waals surface area contributed by atoms with Crippen LogP contribution >= 0.6 is 0 Å². The Bertz CT molecular complexity index is 380. The van der Waals surface area contributed by atoms with Gasteiger partial charge in [0, 0.05) is 31.4 Å². The molecule has 2 heterocycles. The van der Waals surface area contributed by atoms with Gasteiger partial charge in [0.1, 0.15) is 5.82 Å². The van der Waals surface area contributed by atoms with Gasteiger partial charge in [-0.05, 0) is 46.2 Å². The molecule has 1 aromatic heterocycles. The van der Waals surface area contributed by atoms with Crippen LogP contribution in [0.5, 0.6) is 0 Å². The summed E-state index contributed by atoms with van der Waals surface area (Å²) in [5.41, 5.74) is -0.123. The fourth-order valence-electron chi connectivity index (χ4n) is 2.76. The van der Waals surface area contributed by atoms with Crippen molar-refractivity contribution in [2.24, 2.45) is 7.05 Å². The minimum atomic E-state index is -0.299. The van der Waals surface area contributed by atoms with E-state index in [1.54, 1.807) is 0 Å². The molecule has 18 heavy (non-hydrogen) atoms. The minimum Gasteiger partial charge on any atom is -0.391 e. The van der Waals surface area contributed by atoms with Crippen molar-refractivity contribution in [3.63, 3.8) is 0 Å². The normalized spacial score (nSPS) is 19.3. The molecular formula is C14H25N3O. The molecule has 1 unspecified atom stereocenters. The lowest BCUT2D eigenvalue weighted by molar-refractivity contribution is -0.00197. The molecule has 0 aromatic carbocycles. The summed E-state index contributed by atoms with van der Waals surface area (Å²) >= 11 is 0. The number of hydrogen-bond acceptors (Lipinski definition) is 3. The lowest BCUT2D eigenvalue weighted by Crippen LogP contribution is -2.51. The Morgan fingerprint density at radius 2 is 2.06 bits per heavy atom. The van der Waals surface area contributed by atoms with E-state index in [4.69, 9.17) is 0 Å². The van der Waals surface area contributed by atoms with Crippen LogP contribution in [-0.2, 0) is 13.5 Å². The minimum absolute atomic E-state index is 0.123. The molecule has 1 N–H and O–H groups in total. The van der Waals surface area contributed by atoms with Crippen molar-refractivity contribution in [1.29, 1.82) is 0 Å². The maximum absolute atomic E-state index is 10.4. The second-order valence-corrected chi connectivity index (χ2v) is 5.86. The molecule has 1 aromatic rings. The van der Waals surface area contributed by atoms with E-state index in [1.165, 1.54) is 12.8 Å². The Morgan fingerprint density at radius 3 is 2.61 bits per heavy atom. The van der Waals surface area contributed by atoms with Gasteiger partial charge in [0.2, 0.25) is 0 Å². The van der Waals surface area contributed by atoms with Crippen molar-refractivity contribution in [2.75, 3.05) is 13.1 Å². The van der Waals surface area contributed by atoms with Crippen LogP contribution in [0.15, 0.2) is 12.4 Å². The third-order valence-corrected chi connectivity index (χ3v) is 4.30. The van der Waals surface area contributed by atoms with E-state index < -0.39 is 0 Å². The zero-order valence-electron chi connectivity index (χ0n) is 11.8. The van der Waals surface area contributed by atoms with Crippen molar-refractivity contribution in [2.45, 2.75) is 51.2 Å². The Balaban J connectivity index is 1.90. The third-order valence-electron chi connectivity index (χ3n) is 4.30. The van der Waals surface area contributed by atoms with Crippen LogP contribution in [0.2, 0.25) is 0 Å². The molecule has 4 nitrogen and oxygen atoms in total. The molecule has 0 radical (unpaired) electrons. The van der Waals surface area contributed by atoms with E-state index in [0.29, 0.717) is 0 Å². The average molecular weight is 251 g/mol. The zero-order valence-corrected chi connectivity index (χ0v) is 11.8. The van der Waals surface area contributed by atoms with E-state index >= 15 is 0 Å². The summed E-state index contributed by atoms with van der Waals surface area (Å²) in [6.07, 6.45) is 7.59. The summed E-state index contributed by atoms with van der Waals surface area (Å²) in [6, 6.07) is 0. The first-order valence-corrected chi connectivity index (χ1v) is 6.91. The topological polar surface area (TPSA) is 41.3 Å². The van der Waals surface area contributed by atoms with Crippen LogP contribution in [0.3, 0.4) is 0 Å². The number of aromatic nitrogens is 2. The highest BCUT2D eigenvalue weighted by Crippen LogP contribution is 2.26. The molecule has 0 amide bonds. The van der Waals surface area contributed by atoms with Gasteiger partial charge in [-0.25, -0.2) is 4.98 Å². The summed E-state index contributed by atoms with van der Waals surface area (Å²) in [7, 11) is 2.00. The van der Waals surface area contributed by atoms with Crippen LogP contribution in [0.25, 0.3) is 0 Å². The number of aryl methyl sites for hydroxylation is 2. The predicted molar refractivity (Wildman–Crippen MR) is 72.4 cm³/mol. The monoisotopic (exact) mass is 251 g/mol. The molecule has 0 spiro atoms. The van der Waals surface area contributed by atoms with Gasteiger partial charge in [-0.2, -0.15) is 0 Å². The number of nitrogens with zero attached hydrogens (tertiary/aromatic N) is 3. The Hall–Kier alpha value is -0.870. The zero-order chi connectivity index (χ0) is 13.2. The van der Waals surface area contributed by atoms with Gasteiger partial charge in [-0.3, -0.25) is 4.90 Å². The molecule has 1 fully saturated rings. The smallest absolute Gasteiger partial charge is 0.108 e. The Labute approximate surface area is 110 Å². The molecular weight excluding hydrogens is 226 g/mol. The molecule has 1 saturated heterocycles. The van der Waals surface area contributed by atoms with Crippen molar-refractivity contribution in [3.05, 3.63) is 18.2 Å². The first kappa shape index (κ1) is 13.6. The van der Waals surface area contributed by atoms with Crippen molar-refractivity contribution in [3.8, 4) is 0 Å². The van der Waals surface area contributed by atoms with Crippen LogP contribution in [-0.4, -0.2) is 44.3 Å². The number of rotatable bonds is 5. The van der Waals surface area contributed by atoms with Gasteiger partial charge < -0.3 is 9.67 Å². The fourth-order valence-corrected chi connectivity index (χ4v) is 2.76. The fraction of sp³-hybridized carbons (Fsp3) is 0.786. The highest BCUT2D eigenvalue weighted by molar-refractivity contribution is 4.96. The first-order valence-electron chi connectivity index (χ1n) is 6.91. The number of likely N-dealkylation sites (tertiary alicyclic amines) is 1. The van der Waals surface area contributed by atoms with Gasteiger partial charge in [0.15, 0.2) is 0 Å². The Kier molecular flexibility index (Phi) is 4.07. The SMILES string of the molecule is Cn1ccnc1CCC(O)C(C)(C)N1CCCC1. The lowest BCUT2D eigenvalue weighted by Gasteiger charge is -2.39. The van der Waals surface area contributed by atoms with Gasteiger partial charge in [0.05, 0.1) is 6.10 Å². The summed E-state index contributed by atoms with van der Waals surface area (Å²) in [5, 5.41) is 10.4. The van der Waals surface area contributed by atoms with E-state index in [1.807, 2.05) is 24.0 Å². The Morgan fingerprint density at radius 1 is 1.39 bits per heavy atom. The summed E-state index contributed by atoms with van der Waals surface area (Å²) in [5.74, 6) is 1.05. The van der Waals surface area contributed by atoms with Gasteiger partial charge >= 0.3 is 0 Å². The molecule has 102 valence electrons. The second-order valence-electron chi connectivity index (χ2n) is 5.86. The molecule has 1 aliphatic rings. The molecule has 4 heteroatoms. The standard InChI is InChI=1S/C14H25N3O/c1-14(2,17-9-4-5-10-17)12(18)6-7-13-15-8-11-16(13)3/h8,11-12,18H,4-7,9-10H2,1-3H3. The molecule has 0 bridgehead atoms. The summed E-state index contributed by atoms with van der Waals surface area (Å²) < 4.78 is 2.02. The first-order chi connectivity index (χ1) is 8.51. The van der Waals surface area contributed by atoms with Crippen LogP contribution in [0.4, 0.5) is 0 Å². The molecule has 2 rings (SSSR count). The molecule has 1 aliphatic heterocycles. The van der Waals surface area contributed by atoms with E-state index in [2.05, 4.69) is 23.7 Å². The van der Waals surface area contributed by atoms with E-state index in [-0.39, 0.29) is 11.6 Å². The second kappa shape index (κ2) is 5.41. The van der Waals surface area contributed by atoms with Gasteiger partial charge in [-0.15, -0.1) is 0 Å². The predicted octanol–water partition coefficient (Wildman–Crippen LogP) is 1.59. The lowest BCUT2D eigenvalue weighted by atomic mass is 9.91. The van der Waals surface area contributed by atoms with E-state index in [0.717, 1.165) is 31.8 Å². The average Bonchev–Trinajstić information content (AvgIpc) is 2.97. The van der Waals surface area contributed by atoms with Crippen molar-refractivity contribution in [1.82, 2.24) is 14.5 Å². The van der Waals surface area contributed by atoms with Crippen LogP contribution in [0.1, 0.15) is 38.9 Å². The van der Waals surface area contributed by atoms with Crippen LogP contribution < -0.4 is 0 Å². The maximum Gasteiger partial charge on any atom is 0.108 e. The highest BCUT2D eigenvalue weighted by atomic mass is 16.3. The highest BCUT2D eigenvalue weighted by Gasteiger charge is 2.35. The summed E-state index contributed by atoms with van der Waals surface area (Å²) in [6.45, 7) is 6.54. The number of imidazole rings is 1. The van der Waals surface area contributed by atoms with Gasteiger partial charge in [-0.1, -0.05) is 0 Å². The van der Waals surface area contributed by atoms with Gasteiger partial charge in [0.25, 0.3) is 0 Å². The van der Waals surface area contributed by atoms with Crippen molar-refractivity contribution < 1.29 is 5.11 Å². The quantitative estimate of drug-likeness (QED) is 0.864. The summed E-state index contributed by atoms with van der Waals surface area (Å²) in [4.78, 5) is 6.72. The molecule has 0 aliphatic carbocycles. The largest absolute Gasteiger partial charge is 0.391 e. The number of aliphatic hydroxyl groups is 1. The molecule has 1 atom stereocenters. The third kappa shape index (κ3) is 2.75.